The summed E-state index contributed by atoms with van der Waals surface area (Å²) < 4.78 is 0. The number of nitrogens with zero attached hydrogens (tertiary/aromatic N) is 1. The zero-order valence-corrected chi connectivity index (χ0v) is 9.55. The van der Waals surface area contributed by atoms with Gasteiger partial charge in [-0.15, -0.1) is 0 Å². The highest BCUT2D eigenvalue weighted by atomic mass is 16.1. The first-order valence-corrected chi connectivity index (χ1v) is 5.76. The second-order valence-electron chi connectivity index (χ2n) is 4.33. The van der Waals surface area contributed by atoms with Crippen LogP contribution in [-0.2, 0) is 0 Å². The lowest BCUT2D eigenvalue weighted by atomic mass is 10.00. The maximum atomic E-state index is 11.8. The van der Waals surface area contributed by atoms with Crippen molar-refractivity contribution in [2.24, 2.45) is 5.92 Å². The number of amides is 1. The summed E-state index contributed by atoms with van der Waals surface area (Å²) in [7, 11) is 0. The Hall–Kier alpha value is -1.36. The fourth-order valence-electron chi connectivity index (χ4n) is 2.01. The highest BCUT2D eigenvalue weighted by molar-refractivity contribution is 5.94. The number of aromatic amines is 1. The highest BCUT2D eigenvalue weighted by Gasteiger charge is 2.15. The van der Waals surface area contributed by atoms with E-state index in [0.29, 0.717) is 11.5 Å². The maximum Gasteiger partial charge on any atom is 0.254 e. The average molecular weight is 222 g/mol. The molecule has 1 amide bonds. The molecule has 0 bridgehead atoms. The lowest BCUT2D eigenvalue weighted by Crippen LogP contribution is -2.38. The summed E-state index contributed by atoms with van der Waals surface area (Å²) in [6.07, 6.45) is 3.96. The third kappa shape index (κ3) is 2.61. The van der Waals surface area contributed by atoms with Crippen LogP contribution in [0, 0.1) is 12.8 Å². The number of piperidine rings is 1. The van der Waals surface area contributed by atoms with Crippen LogP contribution in [0.3, 0.4) is 0 Å². The summed E-state index contributed by atoms with van der Waals surface area (Å²) in [5, 5.41) is 12.9. The fourth-order valence-corrected chi connectivity index (χ4v) is 2.01. The summed E-state index contributed by atoms with van der Waals surface area (Å²) in [4.78, 5) is 11.8. The van der Waals surface area contributed by atoms with Gasteiger partial charge in [0.2, 0.25) is 0 Å². The zero-order chi connectivity index (χ0) is 11.4. The summed E-state index contributed by atoms with van der Waals surface area (Å²) >= 11 is 0. The Morgan fingerprint density at radius 2 is 2.56 bits per heavy atom. The van der Waals surface area contributed by atoms with Crippen molar-refractivity contribution in [2.75, 3.05) is 19.6 Å². The Bertz CT molecular complexity index is 355. The number of aryl methyl sites for hydroxylation is 1. The molecule has 0 saturated carbocycles. The first-order chi connectivity index (χ1) is 7.77. The van der Waals surface area contributed by atoms with E-state index < -0.39 is 0 Å². The molecule has 1 aliphatic heterocycles. The van der Waals surface area contributed by atoms with Crippen molar-refractivity contribution in [3.63, 3.8) is 0 Å². The number of carbonyl (C=O) groups excluding carboxylic acids is 1. The second-order valence-corrected chi connectivity index (χ2v) is 4.33. The van der Waals surface area contributed by atoms with Crippen molar-refractivity contribution in [3.05, 3.63) is 17.5 Å². The smallest absolute Gasteiger partial charge is 0.254 e. The minimum absolute atomic E-state index is 0.0307. The zero-order valence-electron chi connectivity index (χ0n) is 9.55. The summed E-state index contributed by atoms with van der Waals surface area (Å²) in [5.74, 6) is 0.529. The molecular weight excluding hydrogens is 204 g/mol. The Balaban J connectivity index is 1.81. The molecule has 0 radical (unpaired) electrons. The number of hydrogen-bond acceptors (Lipinski definition) is 3. The van der Waals surface area contributed by atoms with Crippen molar-refractivity contribution in [1.82, 2.24) is 20.8 Å². The molecule has 1 fully saturated rings. The van der Waals surface area contributed by atoms with Gasteiger partial charge in [0, 0.05) is 12.2 Å². The number of aromatic nitrogens is 2. The van der Waals surface area contributed by atoms with Crippen LogP contribution < -0.4 is 10.6 Å². The Labute approximate surface area is 95.0 Å². The Morgan fingerprint density at radius 3 is 3.19 bits per heavy atom. The normalized spacial score (nSPS) is 20.7. The minimum atomic E-state index is -0.0307. The van der Waals surface area contributed by atoms with E-state index in [2.05, 4.69) is 20.8 Å². The Morgan fingerprint density at radius 1 is 1.69 bits per heavy atom. The van der Waals surface area contributed by atoms with E-state index in [1.54, 1.807) is 6.20 Å². The fraction of sp³-hybridized carbons (Fsp3) is 0.636. The number of rotatable bonds is 3. The summed E-state index contributed by atoms with van der Waals surface area (Å²) in [6, 6.07) is 0. The molecule has 88 valence electrons. The van der Waals surface area contributed by atoms with Gasteiger partial charge in [-0.05, 0) is 38.8 Å². The average Bonchev–Trinajstić information content (AvgIpc) is 2.74. The van der Waals surface area contributed by atoms with Crippen molar-refractivity contribution in [3.8, 4) is 0 Å². The van der Waals surface area contributed by atoms with Crippen molar-refractivity contribution in [1.29, 1.82) is 0 Å². The molecule has 1 aromatic rings. The largest absolute Gasteiger partial charge is 0.352 e. The van der Waals surface area contributed by atoms with Gasteiger partial charge < -0.3 is 10.6 Å². The monoisotopic (exact) mass is 222 g/mol. The van der Waals surface area contributed by atoms with E-state index in [-0.39, 0.29) is 5.91 Å². The molecule has 3 N–H and O–H groups in total. The number of H-pyrrole nitrogens is 1. The van der Waals surface area contributed by atoms with Crippen LogP contribution >= 0.6 is 0 Å². The van der Waals surface area contributed by atoms with Gasteiger partial charge in [0.1, 0.15) is 0 Å². The van der Waals surface area contributed by atoms with Gasteiger partial charge in [0.15, 0.2) is 0 Å². The first-order valence-electron chi connectivity index (χ1n) is 5.76. The van der Waals surface area contributed by atoms with Gasteiger partial charge in [0.05, 0.1) is 11.8 Å². The molecule has 2 heterocycles. The van der Waals surface area contributed by atoms with E-state index in [1.165, 1.54) is 12.8 Å². The second kappa shape index (κ2) is 5.12. The molecule has 16 heavy (non-hydrogen) atoms. The molecule has 0 aliphatic carbocycles. The molecule has 0 aromatic carbocycles. The quantitative estimate of drug-likeness (QED) is 0.695. The van der Waals surface area contributed by atoms with Gasteiger partial charge in [-0.25, -0.2) is 0 Å². The van der Waals surface area contributed by atoms with Gasteiger partial charge >= 0.3 is 0 Å². The summed E-state index contributed by atoms with van der Waals surface area (Å²) in [5.41, 5.74) is 1.46. The lowest BCUT2D eigenvalue weighted by Gasteiger charge is -2.22. The molecular formula is C11H18N4O. The lowest BCUT2D eigenvalue weighted by molar-refractivity contribution is 0.0944. The number of carbonyl (C=O) groups is 1. The highest BCUT2D eigenvalue weighted by Crippen LogP contribution is 2.09. The van der Waals surface area contributed by atoms with Crippen molar-refractivity contribution in [2.45, 2.75) is 19.8 Å². The summed E-state index contributed by atoms with van der Waals surface area (Å²) in [6.45, 7) is 4.70. The van der Waals surface area contributed by atoms with Crippen LogP contribution in [0.5, 0.6) is 0 Å². The molecule has 5 nitrogen and oxygen atoms in total. The van der Waals surface area contributed by atoms with E-state index >= 15 is 0 Å². The third-order valence-corrected chi connectivity index (χ3v) is 3.02. The number of nitrogens with one attached hydrogen (secondary N) is 3. The van der Waals surface area contributed by atoms with Crippen LogP contribution in [-0.4, -0.2) is 35.7 Å². The number of hydrogen-bond donors (Lipinski definition) is 3. The van der Waals surface area contributed by atoms with Crippen molar-refractivity contribution >= 4 is 5.91 Å². The standard InChI is InChI=1S/C11H18N4O/c1-8-10(7-14-15-8)11(16)13-6-9-3-2-4-12-5-9/h7,9,12H,2-6H2,1H3,(H,13,16)(H,14,15). The van der Waals surface area contributed by atoms with Crippen LogP contribution in [0.1, 0.15) is 28.9 Å². The van der Waals surface area contributed by atoms with E-state index in [0.717, 1.165) is 25.3 Å². The molecule has 2 rings (SSSR count). The van der Waals surface area contributed by atoms with Crippen molar-refractivity contribution < 1.29 is 4.79 Å². The van der Waals surface area contributed by atoms with Crippen LogP contribution in [0.25, 0.3) is 0 Å². The van der Waals surface area contributed by atoms with Crippen LogP contribution in [0.2, 0.25) is 0 Å². The molecule has 5 heteroatoms. The molecule has 0 spiro atoms. The van der Waals surface area contributed by atoms with Gasteiger partial charge in [-0.2, -0.15) is 5.10 Å². The van der Waals surface area contributed by atoms with Gasteiger partial charge in [0.25, 0.3) is 5.91 Å². The molecule has 1 atom stereocenters. The molecule has 1 aromatic heterocycles. The molecule has 1 saturated heterocycles. The van der Waals surface area contributed by atoms with Gasteiger partial charge in [-0.3, -0.25) is 9.89 Å². The van der Waals surface area contributed by atoms with E-state index in [1.807, 2.05) is 6.92 Å². The third-order valence-electron chi connectivity index (χ3n) is 3.02. The van der Waals surface area contributed by atoms with E-state index in [9.17, 15) is 4.79 Å². The van der Waals surface area contributed by atoms with E-state index in [4.69, 9.17) is 0 Å². The SMILES string of the molecule is Cc1[nH]ncc1C(=O)NCC1CCCNC1. The van der Waals surface area contributed by atoms with Crippen LogP contribution in [0.4, 0.5) is 0 Å². The first kappa shape index (κ1) is 11.1. The molecule has 1 aliphatic rings. The topological polar surface area (TPSA) is 69.8 Å². The Kier molecular flexibility index (Phi) is 3.56. The van der Waals surface area contributed by atoms with Gasteiger partial charge in [-0.1, -0.05) is 0 Å². The predicted octanol–water partition coefficient (Wildman–Crippen LogP) is 0.448. The minimum Gasteiger partial charge on any atom is -0.352 e. The predicted molar refractivity (Wildman–Crippen MR) is 61.3 cm³/mol. The molecule has 1 unspecified atom stereocenters. The maximum absolute atomic E-state index is 11.8. The van der Waals surface area contributed by atoms with Crippen LogP contribution in [0.15, 0.2) is 6.20 Å².